The molecule has 1 amide bonds. The van der Waals surface area contributed by atoms with Gasteiger partial charge in [-0.15, -0.1) is 0 Å². The van der Waals surface area contributed by atoms with Crippen LogP contribution in [0.1, 0.15) is 12.8 Å². The van der Waals surface area contributed by atoms with E-state index in [1.54, 1.807) is 18.5 Å². The quantitative estimate of drug-likeness (QED) is 0.733. The van der Waals surface area contributed by atoms with E-state index in [1.807, 2.05) is 0 Å². The van der Waals surface area contributed by atoms with Crippen LogP contribution in [-0.2, 0) is 9.47 Å². The van der Waals surface area contributed by atoms with E-state index in [0.717, 1.165) is 5.56 Å². The normalized spacial score (nSPS) is 21.2. The fourth-order valence-electron chi connectivity index (χ4n) is 3.17. The molecule has 0 aromatic carbocycles. The first-order chi connectivity index (χ1) is 14.1. The summed E-state index contributed by atoms with van der Waals surface area (Å²) in [4.78, 5) is 30.7. The number of nitrogen functional groups attached to an aromatic ring is 1. The Balaban J connectivity index is 1.52. The molecule has 2 aromatic rings. The van der Waals surface area contributed by atoms with Gasteiger partial charge < -0.3 is 30.2 Å². The molecule has 1 saturated heterocycles. The van der Waals surface area contributed by atoms with Crippen molar-refractivity contribution in [2.45, 2.75) is 25.0 Å². The van der Waals surface area contributed by atoms with Gasteiger partial charge in [-0.05, 0) is 0 Å². The summed E-state index contributed by atoms with van der Waals surface area (Å²) in [5.74, 6) is 1.24. The number of nitrogens with two attached hydrogens (primary N) is 1. The molecule has 1 aliphatic carbocycles. The first-order valence-electron chi connectivity index (χ1n) is 9.41. The third-order valence-electron chi connectivity index (χ3n) is 4.84. The Morgan fingerprint density at radius 2 is 1.97 bits per heavy atom. The zero-order valence-corrected chi connectivity index (χ0v) is 16.1. The van der Waals surface area contributed by atoms with Crippen LogP contribution < -0.4 is 20.7 Å². The highest BCUT2D eigenvalue weighted by atomic mass is 16.5. The van der Waals surface area contributed by atoms with Gasteiger partial charge in [0.05, 0.1) is 26.0 Å². The van der Waals surface area contributed by atoms with E-state index in [0.29, 0.717) is 56.7 Å². The SMILES string of the molecule is COC(=O)NC1CC(Oc2cc(-c3cnc(N)nc3)nc(N3CCOCC3)n2)C1. The summed E-state index contributed by atoms with van der Waals surface area (Å²) in [6.45, 7) is 2.65. The van der Waals surface area contributed by atoms with Crippen LogP contribution in [0.4, 0.5) is 16.7 Å². The van der Waals surface area contributed by atoms with Crippen LogP contribution >= 0.6 is 0 Å². The van der Waals surface area contributed by atoms with Gasteiger partial charge in [-0.1, -0.05) is 0 Å². The molecule has 11 nitrogen and oxygen atoms in total. The van der Waals surface area contributed by atoms with E-state index in [2.05, 4.69) is 34.9 Å². The number of ether oxygens (including phenoxy) is 3. The summed E-state index contributed by atoms with van der Waals surface area (Å²) in [6, 6.07) is 1.80. The first kappa shape index (κ1) is 19.1. The van der Waals surface area contributed by atoms with Crippen LogP contribution in [0, 0.1) is 0 Å². The van der Waals surface area contributed by atoms with Crippen molar-refractivity contribution < 1.29 is 19.0 Å². The fourth-order valence-corrected chi connectivity index (χ4v) is 3.17. The number of nitrogens with one attached hydrogen (secondary N) is 1. The van der Waals surface area contributed by atoms with E-state index in [4.69, 9.17) is 15.2 Å². The second kappa shape index (κ2) is 8.43. The average Bonchev–Trinajstić information content (AvgIpc) is 2.73. The lowest BCUT2D eigenvalue weighted by Crippen LogP contribution is -2.49. The van der Waals surface area contributed by atoms with Gasteiger partial charge in [0.2, 0.25) is 17.8 Å². The van der Waals surface area contributed by atoms with E-state index >= 15 is 0 Å². The topological polar surface area (TPSA) is 138 Å². The summed E-state index contributed by atoms with van der Waals surface area (Å²) in [7, 11) is 1.35. The number of amides is 1. The Morgan fingerprint density at radius 3 is 2.66 bits per heavy atom. The third kappa shape index (κ3) is 4.62. The highest BCUT2D eigenvalue weighted by Gasteiger charge is 2.33. The highest BCUT2D eigenvalue weighted by Crippen LogP contribution is 2.29. The summed E-state index contributed by atoms with van der Waals surface area (Å²) in [5.41, 5.74) is 6.96. The number of morpholine rings is 1. The average molecular weight is 401 g/mol. The van der Waals surface area contributed by atoms with Crippen molar-refractivity contribution in [2.24, 2.45) is 0 Å². The molecule has 1 aliphatic heterocycles. The number of hydrogen-bond donors (Lipinski definition) is 2. The molecule has 3 N–H and O–H groups in total. The Bertz CT molecular complexity index is 852. The van der Waals surface area contributed by atoms with Gasteiger partial charge in [0.25, 0.3) is 0 Å². The van der Waals surface area contributed by atoms with Gasteiger partial charge in [0.15, 0.2) is 0 Å². The highest BCUT2D eigenvalue weighted by molar-refractivity contribution is 5.67. The minimum Gasteiger partial charge on any atom is -0.474 e. The number of rotatable bonds is 5. The number of aromatic nitrogens is 4. The minimum absolute atomic E-state index is 0.0398. The van der Waals surface area contributed by atoms with Gasteiger partial charge in [-0.3, -0.25) is 0 Å². The first-order valence-corrected chi connectivity index (χ1v) is 9.41. The molecule has 2 fully saturated rings. The summed E-state index contributed by atoms with van der Waals surface area (Å²) >= 11 is 0. The fraction of sp³-hybridized carbons (Fsp3) is 0.500. The largest absolute Gasteiger partial charge is 0.474 e. The van der Waals surface area contributed by atoms with Crippen LogP contribution in [0.2, 0.25) is 0 Å². The molecule has 154 valence electrons. The molecule has 29 heavy (non-hydrogen) atoms. The predicted octanol–water partition coefficient (Wildman–Crippen LogP) is 0.618. The van der Waals surface area contributed by atoms with Crippen molar-refractivity contribution in [3.63, 3.8) is 0 Å². The molecule has 3 heterocycles. The molecule has 0 spiro atoms. The van der Waals surface area contributed by atoms with E-state index in [-0.39, 0.29) is 18.1 Å². The number of alkyl carbamates (subject to hydrolysis) is 1. The Morgan fingerprint density at radius 1 is 1.24 bits per heavy atom. The van der Waals surface area contributed by atoms with Gasteiger partial charge in [0, 0.05) is 56.0 Å². The molecule has 0 unspecified atom stereocenters. The number of carbonyl (C=O) groups excluding carboxylic acids is 1. The molecule has 2 aliphatic rings. The van der Waals surface area contributed by atoms with E-state index < -0.39 is 6.09 Å². The van der Waals surface area contributed by atoms with Crippen LogP contribution in [0.5, 0.6) is 5.88 Å². The lowest BCUT2D eigenvalue weighted by atomic mass is 9.89. The predicted molar refractivity (Wildman–Crippen MR) is 103 cm³/mol. The summed E-state index contributed by atoms with van der Waals surface area (Å²) in [6.07, 6.45) is 4.14. The molecule has 11 heteroatoms. The summed E-state index contributed by atoms with van der Waals surface area (Å²) in [5, 5.41) is 2.76. The van der Waals surface area contributed by atoms with Crippen molar-refractivity contribution in [2.75, 3.05) is 44.0 Å². The second-order valence-electron chi connectivity index (χ2n) is 6.86. The van der Waals surface area contributed by atoms with E-state index in [1.165, 1.54) is 7.11 Å². The smallest absolute Gasteiger partial charge is 0.407 e. The van der Waals surface area contributed by atoms with Gasteiger partial charge in [-0.25, -0.2) is 19.7 Å². The maximum atomic E-state index is 11.3. The molecule has 1 saturated carbocycles. The third-order valence-corrected chi connectivity index (χ3v) is 4.84. The van der Waals surface area contributed by atoms with Crippen LogP contribution in [0.3, 0.4) is 0 Å². The van der Waals surface area contributed by atoms with Crippen LogP contribution in [0.25, 0.3) is 11.3 Å². The standard InChI is InChI=1S/C18H23N7O4/c1-27-18(26)22-12-6-13(7-12)29-15-8-14(11-9-20-16(19)21-10-11)23-17(24-15)25-2-4-28-5-3-25/h8-10,12-13H,2-7H2,1H3,(H,22,26)(H2,19,20,21). The minimum atomic E-state index is -0.435. The zero-order valence-electron chi connectivity index (χ0n) is 16.1. The van der Waals surface area contributed by atoms with Gasteiger partial charge in [0.1, 0.15) is 6.10 Å². The van der Waals surface area contributed by atoms with Gasteiger partial charge >= 0.3 is 6.09 Å². The second-order valence-corrected chi connectivity index (χ2v) is 6.86. The molecular formula is C18H23N7O4. The lowest BCUT2D eigenvalue weighted by Gasteiger charge is -2.35. The van der Waals surface area contributed by atoms with E-state index in [9.17, 15) is 4.79 Å². The Kier molecular flexibility index (Phi) is 5.56. The number of hydrogen-bond acceptors (Lipinski definition) is 10. The van der Waals surface area contributed by atoms with Crippen LogP contribution in [-0.4, -0.2) is 71.6 Å². The van der Waals surface area contributed by atoms with Crippen molar-refractivity contribution >= 4 is 18.0 Å². The summed E-state index contributed by atoms with van der Waals surface area (Å²) < 4.78 is 16.1. The molecule has 0 bridgehead atoms. The van der Waals surface area contributed by atoms with Crippen molar-refractivity contribution in [1.82, 2.24) is 25.3 Å². The van der Waals surface area contributed by atoms with Crippen molar-refractivity contribution in [3.8, 4) is 17.1 Å². The number of anilines is 2. The number of methoxy groups -OCH3 is 1. The Hall–Kier alpha value is -3.21. The Labute approximate surface area is 167 Å². The van der Waals surface area contributed by atoms with Crippen LogP contribution in [0.15, 0.2) is 18.5 Å². The molecule has 0 radical (unpaired) electrons. The van der Waals surface area contributed by atoms with Crippen molar-refractivity contribution in [3.05, 3.63) is 18.5 Å². The zero-order chi connectivity index (χ0) is 20.2. The maximum absolute atomic E-state index is 11.3. The molecule has 4 rings (SSSR count). The molecule has 2 aromatic heterocycles. The monoisotopic (exact) mass is 401 g/mol. The van der Waals surface area contributed by atoms with Crippen molar-refractivity contribution in [1.29, 1.82) is 0 Å². The lowest BCUT2D eigenvalue weighted by molar-refractivity contribution is 0.0764. The maximum Gasteiger partial charge on any atom is 0.407 e. The van der Waals surface area contributed by atoms with Gasteiger partial charge in [-0.2, -0.15) is 4.98 Å². The number of nitrogens with zero attached hydrogens (tertiary/aromatic N) is 5. The molecule has 0 atom stereocenters. The number of carbonyl (C=O) groups is 1. The molecular weight excluding hydrogens is 378 g/mol.